The zero-order chi connectivity index (χ0) is 27.5. The molecule has 6 nitrogen and oxygen atoms in total. The van der Waals surface area contributed by atoms with E-state index < -0.39 is 22.3 Å². The molecule has 200 valence electrons. The fourth-order valence-corrected chi connectivity index (χ4v) is 5.16. The van der Waals surface area contributed by atoms with Crippen molar-refractivity contribution in [1.82, 2.24) is 4.72 Å². The lowest BCUT2D eigenvalue weighted by Crippen LogP contribution is -2.38. The van der Waals surface area contributed by atoms with Gasteiger partial charge in [-0.05, 0) is 63.0 Å². The number of carbonyl (C=O) groups excluding carboxylic acids is 1. The fourth-order valence-electron chi connectivity index (χ4n) is 4.35. The molecule has 2 aromatic carbocycles. The van der Waals surface area contributed by atoms with Crippen LogP contribution in [0.5, 0.6) is 5.75 Å². The highest BCUT2D eigenvalue weighted by Crippen LogP contribution is 2.37. The molecule has 0 saturated carbocycles. The predicted octanol–water partition coefficient (Wildman–Crippen LogP) is 6.78. The summed E-state index contributed by atoms with van der Waals surface area (Å²) in [7, 11) is -4.55. The van der Waals surface area contributed by atoms with Crippen LogP contribution in [0.25, 0.3) is 0 Å². The highest BCUT2D eigenvalue weighted by atomic mass is 32.2. The van der Waals surface area contributed by atoms with E-state index in [9.17, 15) is 18.3 Å². The molecule has 0 radical (unpaired) electrons. The third-order valence-corrected chi connectivity index (χ3v) is 7.27. The van der Waals surface area contributed by atoms with Crippen molar-refractivity contribution in [3.05, 3.63) is 63.7 Å². The van der Waals surface area contributed by atoms with Gasteiger partial charge in [0.05, 0.1) is 0 Å². The molecule has 2 N–H and O–H groups in total. The number of carbonyl (C=O) groups is 1. The molecule has 1 amide bonds. The molecule has 0 bridgehead atoms. The van der Waals surface area contributed by atoms with Gasteiger partial charge < -0.3 is 9.29 Å². The molecule has 0 aromatic heterocycles. The van der Waals surface area contributed by atoms with E-state index in [1.54, 1.807) is 0 Å². The van der Waals surface area contributed by atoms with Gasteiger partial charge in [-0.1, -0.05) is 99.6 Å². The Morgan fingerprint density at radius 1 is 0.750 bits per heavy atom. The van der Waals surface area contributed by atoms with Crippen LogP contribution in [0.15, 0.2) is 30.3 Å². The van der Waals surface area contributed by atoms with Gasteiger partial charge in [0.15, 0.2) is 11.9 Å². The van der Waals surface area contributed by atoms with Crippen LogP contribution in [0.1, 0.15) is 138 Å². The Labute approximate surface area is 217 Å². The van der Waals surface area contributed by atoms with Crippen LogP contribution < -0.4 is 8.91 Å². The number of nitrogens with one attached hydrogen (secondary N) is 1. The van der Waals surface area contributed by atoms with Crippen LogP contribution in [0.4, 0.5) is 0 Å². The molecule has 0 aliphatic carbocycles. The SMILES string of the molecule is CC(C)c1cc(C(C)C)c(C(O)C(=O)NS(=O)(=O)Oc2c(C(C)C)cccc2C(C)C)c(C(C)C)c1. The monoisotopic (exact) mass is 517 g/mol. The molecule has 2 aromatic rings. The lowest BCUT2D eigenvalue weighted by molar-refractivity contribution is -0.127. The van der Waals surface area contributed by atoms with Gasteiger partial charge >= 0.3 is 10.3 Å². The second-order valence-electron chi connectivity index (χ2n) is 11.1. The predicted molar refractivity (Wildman–Crippen MR) is 146 cm³/mol. The normalized spacial score (nSPS) is 13.2. The molecule has 0 heterocycles. The maximum absolute atomic E-state index is 13.1. The van der Waals surface area contributed by atoms with Crippen molar-refractivity contribution in [2.45, 2.75) is 105 Å². The summed E-state index contributed by atoms with van der Waals surface area (Å²) in [5.74, 6) is -0.469. The smallest absolute Gasteiger partial charge is 0.378 e. The van der Waals surface area contributed by atoms with Crippen molar-refractivity contribution in [3.8, 4) is 5.75 Å². The quantitative estimate of drug-likeness (QED) is 0.362. The summed E-state index contributed by atoms with van der Waals surface area (Å²) in [6.07, 6.45) is -1.66. The van der Waals surface area contributed by atoms with Gasteiger partial charge in [-0.2, -0.15) is 8.42 Å². The minimum atomic E-state index is -4.55. The Bertz CT molecular complexity index is 1120. The highest BCUT2D eigenvalue weighted by Gasteiger charge is 2.31. The van der Waals surface area contributed by atoms with Crippen molar-refractivity contribution in [1.29, 1.82) is 0 Å². The first kappa shape index (κ1) is 29.8. The summed E-state index contributed by atoms with van der Waals surface area (Å²) in [5, 5.41) is 11.2. The zero-order valence-electron chi connectivity index (χ0n) is 23.3. The molecule has 1 atom stereocenters. The molecule has 0 saturated heterocycles. The summed E-state index contributed by atoms with van der Waals surface area (Å²) >= 11 is 0. The third-order valence-electron chi connectivity index (χ3n) is 6.44. The van der Waals surface area contributed by atoms with E-state index in [4.69, 9.17) is 4.18 Å². The van der Waals surface area contributed by atoms with E-state index in [1.807, 2.05) is 90.4 Å². The Morgan fingerprint density at radius 3 is 1.53 bits per heavy atom. The Kier molecular flexibility index (Phi) is 9.77. The van der Waals surface area contributed by atoms with Gasteiger partial charge in [-0.25, -0.2) is 4.72 Å². The number of benzene rings is 2. The van der Waals surface area contributed by atoms with Gasteiger partial charge in [0.25, 0.3) is 5.91 Å². The Hall–Kier alpha value is -2.38. The molecule has 0 aliphatic rings. The summed E-state index contributed by atoms with van der Waals surface area (Å²) in [6.45, 7) is 20.0. The van der Waals surface area contributed by atoms with Gasteiger partial charge in [-0.15, -0.1) is 0 Å². The standard InChI is InChI=1S/C29H43NO5S/c1-16(2)21-14-24(19(7)8)26(25(15-21)20(9)10)27(31)29(32)30-36(33,34)35-28-22(17(3)4)12-11-13-23(28)18(5)6/h11-20,27,31H,1-10H3,(H,30,32). The van der Waals surface area contributed by atoms with Gasteiger partial charge in [0.2, 0.25) is 0 Å². The van der Waals surface area contributed by atoms with Crippen molar-refractivity contribution < 1.29 is 22.5 Å². The molecule has 7 heteroatoms. The van der Waals surface area contributed by atoms with Crippen LogP contribution >= 0.6 is 0 Å². The summed E-state index contributed by atoms with van der Waals surface area (Å²) in [4.78, 5) is 13.1. The number of para-hydroxylation sites is 1. The van der Waals surface area contributed by atoms with Crippen LogP contribution in [-0.2, 0) is 15.1 Å². The van der Waals surface area contributed by atoms with E-state index in [1.165, 1.54) is 0 Å². The zero-order valence-corrected chi connectivity index (χ0v) is 24.2. The van der Waals surface area contributed by atoms with E-state index in [2.05, 4.69) is 13.8 Å². The maximum atomic E-state index is 13.1. The molecule has 0 aliphatic heterocycles. The van der Waals surface area contributed by atoms with E-state index in [-0.39, 0.29) is 35.3 Å². The van der Waals surface area contributed by atoms with Crippen molar-refractivity contribution in [3.63, 3.8) is 0 Å². The summed E-state index contributed by atoms with van der Waals surface area (Å²) in [6, 6.07) is 9.52. The first-order chi connectivity index (χ1) is 16.6. The van der Waals surface area contributed by atoms with Crippen molar-refractivity contribution in [2.24, 2.45) is 0 Å². The topological polar surface area (TPSA) is 92.7 Å². The number of aliphatic hydroxyl groups excluding tert-OH is 1. The first-order valence-electron chi connectivity index (χ1n) is 12.8. The minimum Gasteiger partial charge on any atom is -0.378 e. The van der Waals surface area contributed by atoms with Crippen LogP contribution in [0, 0.1) is 0 Å². The molecular weight excluding hydrogens is 474 g/mol. The number of hydrogen-bond acceptors (Lipinski definition) is 5. The van der Waals surface area contributed by atoms with E-state index in [0.717, 1.165) is 27.8 Å². The largest absolute Gasteiger partial charge is 0.409 e. The molecule has 36 heavy (non-hydrogen) atoms. The van der Waals surface area contributed by atoms with Crippen LogP contribution in [0.2, 0.25) is 0 Å². The third kappa shape index (κ3) is 6.88. The first-order valence-corrected chi connectivity index (χ1v) is 14.2. The second-order valence-corrected chi connectivity index (χ2v) is 12.3. The van der Waals surface area contributed by atoms with E-state index in [0.29, 0.717) is 5.56 Å². The van der Waals surface area contributed by atoms with Crippen molar-refractivity contribution in [2.75, 3.05) is 0 Å². The average Bonchev–Trinajstić information content (AvgIpc) is 2.76. The Balaban J connectivity index is 2.49. The van der Waals surface area contributed by atoms with Gasteiger partial charge in [0.1, 0.15) is 0 Å². The lowest BCUT2D eigenvalue weighted by atomic mass is 9.82. The highest BCUT2D eigenvalue weighted by molar-refractivity contribution is 7.85. The minimum absolute atomic E-state index is 0.0110. The number of amides is 1. The summed E-state index contributed by atoms with van der Waals surface area (Å²) < 4.78 is 33.5. The molecule has 1 unspecified atom stereocenters. The number of aliphatic hydroxyl groups is 1. The average molecular weight is 518 g/mol. The fraction of sp³-hybridized carbons (Fsp3) is 0.552. The Morgan fingerprint density at radius 2 is 1.17 bits per heavy atom. The van der Waals surface area contributed by atoms with Gasteiger partial charge in [0, 0.05) is 0 Å². The molecular formula is C29H43NO5S. The summed E-state index contributed by atoms with van der Waals surface area (Å²) in [5.41, 5.74) is 4.70. The van der Waals surface area contributed by atoms with E-state index >= 15 is 0 Å². The van der Waals surface area contributed by atoms with Crippen LogP contribution in [0.3, 0.4) is 0 Å². The molecule has 0 spiro atoms. The lowest BCUT2D eigenvalue weighted by Gasteiger charge is -2.25. The molecule has 0 fully saturated rings. The number of rotatable bonds is 10. The van der Waals surface area contributed by atoms with Crippen LogP contribution in [-0.4, -0.2) is 19.4 Å². The number of hydrogen-bond donors (Lipinski definition) is 2. The second kappa shape index (κ2) is 11.8. The molecule has 2 rings (SSSR count). The van der Waals surface area contributed by atoms with Gasteiger partial charge in [-0.3, -0.25) is 4.79 Å². The maximum Gasteiger partial charge on any atom is 0.409 e. The van der Waals surface area contributed by atoms with Crippen molar-refractivity contribution >= 4 is 16.2 Å².